The van der Waals surface area contributed by atoms with E-state index in [1.54, 1.807) is 24.3 Å². The van der Waals surface area contributed by atoms with Gasteiger partial charge in [-0.05, 0) is 23.8 Å². The summed E-state index contributed by atoms with van der Waals surface area (Å²) in [6.07, 6.45) is 0. The van der Waals surface area contributed by atoms with Crippen molar-refractivity contribution in [3.8, 4) is 0 Å². The van der Waals surface area contributed by atoms with Crippen molar-refractivity contribution in [2.24, 2.45) is 0 Å². The first-order valence-electron chi connectivity index (χ1n) is 9.59. The maximum absolute atomic E-state index is 13.5. The smallest absolute Gasteiger partial charge is 0.267 e. The lowest BCUT2D eigenvalue weighted by atomic mass is 10.1. The fraction of sp³-hybridized carbons (Fsp3) is 0.0455. The van der Waals surface area contributed by atoms with E-state index in [1.165, 1.54) is 12.1 Å². The number of nitrogens with zero attached hydrogens (tertiary/aromatic N) is 3. The molecule has 0 saturated carbocycles. The summed E-state index contributed by atoms with van der Waals surface area (Å²) in [4.78, 5) is 50.6. The SMILES string of the molecule is O=C(c1ccc([N+](=O)[O-])cc1)N(Cc1ccccc1Cl)N1C(=O)c2c(Cl)c(Cl)c(Cl)c(Cl)c2C1=O. The van der Waals surface area contributed by atoms with Crippen molar-refractivity contribution in [3.05, 3.63) is 106 Å². The van der Waals surface area contributed by atoms with E-state index in [0.717, 1.165) is 17.1 Å². The van der Waals surface area contributed by atoms with Gasteiger partial charge in [0.25, 0.3) is 23.4 Å². The van der Waals surface area contributed by atoms with Gasteiger partial charge in [0.2, 0.25) is 0 Å². The molecule has 3 amide bonds. The van der Waals surface area contributed by atoms with Crippen LogP contribution in [0.4, 0.5) is 5.69 Å². The third-order valence-electron chi connectivity index (χ3n) is 5.16. The molecule has 3 aromatic carbocycles. The van der Waals surface area contributed by atoms with Crippen LogP contribution in [0.25, 0.3) is 0 Å². The minimum Gasteiger partial charge on any atom is -0.267 e. The monoisotopic (exact) mass is 571 g/mol. The summed E-state index contributed by atoms with van der Waals surface area (Å²) in [5.74, 6) is -2.74. The van der Waals surface area contributed by atoms with E-state index in [9.17, 15) is 24.5 Å². The number of benzene rings is 3. The van der Waals surface area contributed by atoms with E-state index >= 15 is 0 Å². The molecule has 0 fully saturated rings. The van der Waals surface area contributed by atoms with Crippen molar-refractivity contribution < 1.29 is 19.3 Å². The van der Waals surface area contributed by atoms with Crippen LogP contribution in [-0.4, -0.2) is 32.7 Å². The normalized spacial score (nSPS) is 12.7. The summed E-state index contributed by atoms with van der Waals surface area (Å²) >= 11 is 30.8. The highest BCUT2D eigenvalue weighted by Gasteiger charge is 2.46. The predicted octanol–water partition coefficient (Wildman–Crippen LogP) is 6.72. The Morgan fingerprint density at radius 1 is 0.829 bits per heavy atom. The zero-order valence-corrected chi connectivity index (χ0v) is 20.9. The summed E-state index contributed by atoms with van der Waals surface area (Å²) in [6.45, 7) is -0.308. The molecule has 8 nitrogen and oxygen atoms in total. The van der Waals surface area contributed by atoms with E-state index in [4.69, 9.17) is 58.0 Å². The van der Waals surface area contributed by atoms with Crippen LogP contribution >= 0.6 is 58.0 Å². The van der Waals surface area contributed by atoms with Crippen LogP contribution in [-0.2, 0) is 6.54 Å². The molecule has 0 aromatic heterocycles. The first kappa shape index (κ1) is 25.2. The van der Waals surface area contributed by atoms with Crippen molar-refractivity contribution in [3.63, 3.8) is 0 Å². The average molecular weight is 574 g/mol. The molecule has 0 radical (unpaired) electrons. The van der Waals surface area contributed by atoms with Crippen LogP contribution in [0.2, 0.25) is 25.1 Å². The van der Waals surface area contributed by atoms with Gasteiger partial charge in [-0.15, -0.1) is 0 Å². The van der Waals surface area contributed by atoms with Crippen molar-refractivity contribution in [1.82, 2.24) is 10.0 Å². The lowest BCUT2D eigenvalue weighted by molar-refractivity contribution is -0.384. The fourth-order valence-electron chi connectivity index (χ4n) is 3.45. The topological polar surface area (TPSA) is 101 Å². The molecule has 1 aliphatic heterocycles. The van der Waals surface area contributed by atoms with Gasteiger partial charge in [0.05, 0.1) is 42.7 Å². The highest BCUT2D eigenvalue weighted by molar-refractivity contribution is 6.55. The fourth-order valence-corrected chi connectivity index (χ4v) is 4.66. The van der Waals surface area contributed by atoms with Gasteiger partial charge in [0.15, 0.2) is 0 Å². The number of hydrogen-bond donors (Lipinski definition) is 0. The molecule has 0 bridgehead atoms. The molecule has 1 aliphatic rings. The van der Waals surface area contributed by atoms with Crippen LogP contribution in [0.1, 0.15) is 36.6 Å². The van der Waals surface area contributed by atoms with Gasteiger partial charge < -0.3 is 0 Å². The van der Waals surface area contributed by atoms with Gasteiger partial charge in [-0.1, -0.05) is 76.2 Å². The second-order valence-electron chi connectivity index (χ2n) is 7.19. The molecule has 4 rings (SSSR count). The Labute approximate surface area is 222 Å². The number of fused-ring (bicyclic) bond motifs is 1. The minimum absolute atomic E-state index is 0.0348. The number of non-ortho nitro benzene ring substituents is 1. The zero-order chi connectivity index (χ0) is 25.6. The first-order chi connectivity index (χ1) is 16.5. The lowest BCUT2D eigenvalue weighted by Crippen LogP contribution is -2.49. The van der Waals surface area contributed by atoms with E-state index in [-0.39, 0.29) is 54.0 Å². The number of carbonyl (C=O) groups excluding carboxylic acids is 3. The maximum Gasteiger partial charge on any atom is 0.282 e. The highest BCUT2D eigenvalue weighted by atomic mass is 35.5. The summed E-state index contributed by atoms with van der Waals surface area (Å²) < 4.78 is 0. The molecule has 178 valence electrons. The zero-order valence-electron chi connectivity index (χ0n) is 17.1. The molecule has 0 saturated heterocycles. The second-order valence-corrected chi connectivity index (χ2v) is 9.11. The van der Waals surface area contributed by atoms with Crippen molar-refractivity contribution >= 4 is 81.4 Å². The summed E-state index contributed by atoms with van der Waals surface area (Å²) in [7, 11) is 0. The first-order valence-corrected chi connectivity index (χ1v) is 11.5. The van der Waals surface area contributed by atoms with Gasteiger partial charge in [-0.2, -0.15) is 5.01 Å². The quantitative estimate of drug-likeness (QED) is 0.111. The van der Waals surface area contributed by atoms with E-state index in [1.807, 2.05) is 0 Å². The molecule has 13 heteroatoms. The van der Waals surface area contributed by atoms with Crippen molar-refractivity contribution in [2.75, 3.05) is 0 Å². The number of carbonyl (C=O) groups is 3. The lowest BCUT2D eigenvalue weighted by Gasteiger charge is -2.30. The van der Waals surface area contributed by atoms with E-state index < -0.39 is 22.6 Å². The minimum atomic E-state index is -0.960. The van der Waals surface area contributed by atoms with Crippen molar-refractivity contribution in [2.45, 2.75) is 6.54 Å². The molecule has 0 spiro atoms. The van der Waals surface area contributed by atoms with Crippen LogP contribution < -0.4 is 0 Å². The number of nitro benzene ring substituents is 1. The number of halogens is 5. The average Bonchev–Trinajstić information content (AvgIpc) is 3.10. The molecule has 3 aromatic rings. The van der Waals surface area contributed by atoms with Crippen LogP contribution in [0.3, 0.4) is 0 Å². The molecule has 1 heterocycles. The van der Waals surface area contributed by atoms with Gasteiger partial charge >= 0.3 is 0 Å². The molecular weight excluding hydrogens is 564 g/mol. The third-order valence-corrected chi connectivity index (χ3v) is 7.33. The molecular formula is C22H10Cl5N3O5. The van der Waals surface area contributed by atoms with Gasteiger partial charge in [0.1, 0.15) is 0 Å². The molecule has 35 heavy (non-hydrogen) atoms. The van der Waals surface area contributed by atoms with E-state index in [2.05, 4.69) is 0 Å². The Morgan fingerprint density at radius 3 is 1.83 bits per heavy atom. The third kappa shape index (κ3) is 4.32. The van der Waals surface area contributed by atoms with Crippen molar-refractivity contribution in [1.29, 1.82) is 0 Å². The standard InChI is InChI=1S/C22H10Cl5N3O5/c23-13-4-2-1-3-11(13)9-28(20(31)10-5-7-12(8-6-10)30(34)35)29-21(32)14-15(22(29)33)17(25)19(27)18(26)16(14)24/h1-8H,9H2. The van der Waals surface area contributed by atoms with Crippen LogP contribution in [0.5, 0.6) is 0 Å². The van der Waals surface area contributed by atoms with E-state index in [0.29, 0.717) is 10.6 Å². The number of hydrogen-bond acceptors (Lipinski definition) is 5. The number of nitro groups is 1. The maximum atomic E-state index is 13.5. The largest absolute Gasteiger partial charge is 0.282 e. The molecule has 0 aliphatic carbocycles. The number of rotatable bonds is 5. The Kier molecular flexibility index (Phi) is 6.95. The summed E-state index contributed by atoms with van der Waals surface area (Å²) in [5.41, 5.74) is -0.488. The predicted molar refractivity (Wildman–Crippen MR) is 131 cm³/mol. The summed E-state index contributed by atoms with van der Waals surface area (Å²) in [6, 6.07) is 11.1. The molecule has 0 unspecified atom stereocenters. The summed E-state index contributed by atoms with van der Waals surface area (Å²) in [5, 5.41) is 11.6. The van der Waals surface area contributed by atoms with Gasteiger partial charge in [0, 0.05) is 22.7 Å². The second kappa shape index (κ2) is 9.64. The highest BCUT2D eigenvalue weighted by Crippen LogP contribution is 2.45. The molecule has 0 N–H and O–H groups in total. The van der Waals surface area contributed by atoms with Crippen LogP contribution in [0.15, 0.2) is 48.5 Å². The van der Waals surface area contributed by atoms with Gasteiger partial charge in [-0.25, -0.2) is 5.01 Å². The Morgan fingerprint density at radius 2 is 1.34 bits per heavy atom. The number of hydrazine groups is 1. The Bertz CT molecular complexity index is 1380. The number of imide groups is 1. The number of amides is 3. The van der Waals surface area contributed by atoms with Gasteiger partial charge in [-0.3, -0.25) is 24.5 Å². The molecule has 0 atom stereocenters. The Balaban J connectivity index is 1.84. The van der Waals surface area contributed by atoms with Crippen LogP contribution in [0, 0.1) is 10.1 Å². The Hall–Kier alpha value is -2.88.